The number of halogens is 1. The summed E-state index contributed by atoms with van der Waals surface area (Å²) in [5, 5.41) is 6.05. The minimum atomic E-state index is -0.454. The number of ether oxygens (including phenoxy) is 2. The van der Waals surface area contributed by atoms with Gasteiger partial charge in [-0.2, -0.15) is 0 Å². The lowest BCUT2D eigenvalue weighted by Crippen LogP contribution is -2.29. The third-order valence-electron chi connectivity index (χ3n) is 6.62. The van der Waals surface area contributed by atoms with Crippen LogP contribution in [-0.2, 0) is 16.1 Å². The van der Waals surface area contributed by atoms with Crippen molar-refractivity contribution in [2.24, 2.45) is 0 Å². The first kappa shape index (κ1) is 21.5. The van der Waals surface area contributed by atoms with E-state index in [0.29, 0.717) is 66.3 Å². The number of fused-ring (bicyclic) bond motifs is 1. The van der Waals surface area contributed by atoms with Crippen LogP contribution >= 0.6 is 0 Å². The fourth-order valence-electron chi connectivity index (χ4n) is 4.97. The molecule has 10 nitrogen and oxygen atoms in total. The van der Waals surface area contributed by atoms with E-state index in [1.165, 1.54) is 17.2 Å². The molecule has 2 atom stereocenters. The van der Waals surface area contributed by atoms with Gasteiger partial charge in [0.25, 0.3) is 11.5 Å². The Morgan fingerprint density at radius 3 is 2.94 bits per heavy atom. The van der Waals surface area contributed by atoms with Gasteiger partial charge in [0, 0.05) is 36.3 Å². The number of hydrogen-bond donors (Lipinski definition) is 2. The summed E-state index contributed by atoms with van der Waals surface area (Å²) >= 11 is 0. The Labute approximate surface area is 198 Å². The van der Waals surface area contributed by atoms with Crippen LogP contribution in [0.1, 0.15) is 17.9 Å². The van der Waals surface area contributed by atoms with Crippen LogP contribution in [-0.4, -0.2) is 53.9 Å². The van der Waals surface area contributed by atoms with E-state index in [9.17, 15) is 18.8 Å². The number of carbonyl (C=O) groups excluding carboxylic acids is 2. The maximum absolute atomic E-state index is 14.6. The van der Waals surface area contributed by atoms with E-state index in [1.54, 1.807) is 28.8 Å². The first-order valence-electron chi connectivity index (χ1n) is 11.4. The molecule has 0 spiro atoms. The van der Waals surface area contributed by atoms with Gasteiger partial charge in [0.15, 0.2) is 6.61 Å². The second kappa shape index (κ2) is 8.35. The maximum atomic E-state index is 14.6. The number of hydrogen-bond acceptors (Lipinski definition) is 7. The van der Waals surface area contributed by atoms with Crippen molar-refractivity contribution in [3.8, 4) is 5.75 Å². The van der Waals surface area contributed by atoms with Gasteiger partial charge >= 0.3 is 6.09 Å². The molecule has 2 aromatic heterocycles. The van der Waals surface area contributed by atoms with Gasteiger partial charge < -0.3 is 24.7 Å². The second-order valence-electron chi connectivity index (χ2n) is 8.86. The molecule has 0 bridgehead atoms. The van der Waals surface area contributed by atoms with E-state index in [1.807, 2.05) is 0 Å². The zero-order valence-electron chi connectivity index (χ0n) is 18.6. The van der Waals surface area contributed by atoms with Crippen LogP contribution in [0.25, 0.3) is 11.0 Å². The summed E-state index contributed by atoms with van der Waals surface area (Å²) in [7, 11) is 0. The molecule has 0 saturated carbocycles. The SMILES string of the molecule is O=C1COc2ccc(N3C[C@@H](CCNC[C@@H]4Cn5c(=O)ccc6ncc(F)c4c65)OC3=O)cc2N1. The Morgan fingerprint density at radius 2 is 2.06 bits per heavy atom. The van der Waals surface area contributed by atoms with Crippen LogP contribution in [0.4, 0.5) is 20.6 Å². The Kier molecular flexibility index (Phi) is 5.14. The van der Waals surface area contributed by atoms with Gasteiger partial charge in [0.05, 0.1) is 29.5 Å². The van der Waals surface area contributed by atoms with Crippen LogP contribution < -0.4 is 25.8 Å². The monoisotopic (exact) mass is 479 g/mol. The number of anilines is 2. The minimum Gasteiger partial charge on any atom is -0.482 e. The zero-order valence-corrected chi connectivity index (χ0v) is 18.6. The fourth-order valence-corrected chi connectivity index (χ4v) is 4.97. The maximum Gasteiger partial charge on any atom is 0.414 e. The molecule has 180 valence electrons. The molecule has 0 unspecified atom stereocenters. The number of cyclic esters (lactones) is 1. The first-order valence-corrected chi connectivity index (χ1v) is 11.4. The van der Waals surface area contributed by atoms with Crippen LogP contribution in [0.15, 0.2) is 41.3 Å². The molecule has 3 aliphatic heterocycles. The van der Waals surface area contributed by atoms with Gasteiger partial charge in [0.1, 0.15) is 17.7 Å². The predicted octanol–water partition coefficient (Wildman–Crippen LogP) is 1.97. The number of rotatable bonds is 6. The topological polar surface area (TPSA) is 115 Å². The highest BCUT2D eigenvalue weighted by molar-refractivity contribution is 5.97. The molecule has 11 heteroatoms. The zero-order chi connectivity index (χ0) is 24.1. The van der Waals surface area contributed by atoms with E-state index < -0.39 is 11.9 Å². The first-order chi connectivity index (χ1) is 17.0. The van der Waals surface area contributed by atoms with E-state index in [4.69, 9.17) is 9.47 Å². The quantitative estimate of drug-likeness (QED) is 0.520. The standard InChI is InChI=1S/C24H22FN5O5/c25-16-9-27-17-2-4-21(32)30-10-13(22(16)23(17)30)8-26-6-5-15-11-29(24(33)35-15)14-1-3-19-18(7-14)28-20(31)12-34-19/h1-4,7,9,13,15,26H,5-6,8,10-12H2,(H,28,31)/t13-,15-/m1/s1. The molecule has 6 rings (SSSR count). The second-order valence-corrected chi connectivity index (χ2v) is 8.86. The van der Waals surface area contributed by atoms with E-state index in [0.717, 1.165) is 0 Å². The Morgan fingerprint density at radius 1 is 1.17 bits per heavy atom. The number of pyridine rings is 2. The third-order valence-corrected chi connectivity index (χ3v) is 6.62. The highest BCUT2D eigenvalue weighted by Crippen LogP contribution is 2.34. The molecule has 5 heterocycles. The molecular weight excluding hydrogens is 457 g/mol. The minimum absolute atomic E-state index is 0.0322. The smallest absolute Gasteiger partial charge is 0.414 e. The lowest BCUT2D eigenvalue weighted by Gasteiger charge is -2.20. The largest absolute Gasteiger partial charge is 0.482 e. The van der Waals surface area contributed by atoms with Crippen molar-refractivity contribution < 1.29 is 23.5 Å². The highest BCUT2D eigenvalue weighted by atomic mass is 19.1. The molecule has 0 radical (unpaired) electrons. The number of carbonyl (C=O) groups is 2. The van der Waals surface area contributed by atoms with Gasteiger partial charge in [-0.15, -0.1) is 0 Å². The molecular formula is C24H22FN5O5. The van der Waals surface area contributed by atoms with Crippen molar-refractivity contribution in [1.82, 2.24) is 14.9 Å². The average Bonchev–Trinajstić information content (AvgIpc) is 3.42. The van der Waals surface area contributed by atoms with Crippen molar-refractivity contribution in [3.63, 3.8) is 0 Å². The van der Waals surface area contributed by atoms with Gasteiger partial charge in [-0.05, 0) is 37.2 Å². The predicted molar refractivity (Wildman–Crippen MR) is 124 cm³/mol. The molecule has 1 fully saturated rings. The van der Waals surface area contributed by atoms with Crippen LogP contribution in [0.2, 0.25) is 0 Å². The normalized spacial score (nSPS) is 20.5. The summed E-state index contributed by atoms with van der Waals surface area (Å²) in [6, 6.07) is 8.24. The number of nitrogens with zero attached hydrogens (tertiary/aromatic N) is 3. The summed E-state index contributed by atoms with van der Waals surface area (Å²) in [6.07, 6.45) is 1.01. The number of amides is 2. The summed E-state index contributed by atoms with van der Waals surface area (Å²) in [5.74, 6) is -0.287. The van der Waals surface area contributed by atoms with Gasteiger partial charge in [-0.1, -0.05) is 0 Å². The van der Waals surface area contributed by atoms with Crippen molar-refractivity contribution in [2.45, 2.75) is 25.0 Å². The summed E-state index contributed by atoms with van der Waals surface area (Å²) < 4.78 is 27.0. The molecule has 2 N–H and O–H groups in total. The Hall–Kier alpha value is -3.99. The van der Waals surface area contributed by atoms with Crippen LogP contribution in [0, 0.1) is 5.82 Å². The number of aromatic nitrogens is 2. The summed E-state index contributed by atoms with van der Waals surface area (Å²) in [6.45, 7) is 1.77. The summed E-state index contributed by atoms with van der Waals surface area (Å²) in [5.41, 5.74) is 2.65. The van der Waals surface area contributed by atoms with Crippen molar-refractivity contribution in [1.29, 1.82) is 0 Å². The van der Waals surface area contributed by atoms with E-state index in [-0.39, 0.29) is 30.1 Å². The third kappa shape index (κ3) is 3.77. The molecule has 0 aliphatic carbocycles. The van der Waals surface area contributed by atoms with Crippen LogP contribution in [0.3, 0.4) is 0 Å². The van der Waals surface area contributed by atoms with E-state index >= 15 is 0 Å². The van der Waals surface area contributed by atoms with E-state index in [2.05, 4.69) is 15.6 Å². The number of benzene rings is 1. The average molecular weight is 479 g/mol. The van der Waals surface area contributed by atoms with Crippen molar-refractivity contribution in [2.75, 3.05) is 36.5 Å². The molecule has 3 aliphatic rings. The molecule has 1 aromatic carbocycles. The molecule has 3 aromatic rings. The Balaban J connectivity index is 1.06. The highest BCUT2D eigenvalue weighted by Gasteiger charge is 2.33. The number of nitrogens with one attached hydrogen (secondary N) is 2. The fraction of sp³-hybridized carbons (Fsp3) is 0.333. The molecule has 1 saturated heterocycles. The van der Waals surface area contributed by atoms with Gasteiger partial charge in [-0.3, -0.25) is 19.5 Å². The lowest BCUT2D eigenvalue weighted by atomic mass is 10.0. The van der Waals surface area contributed by atoms with Gasteiger partial charge in [0.2, 0.25) is 0 Å². The molecule has 35 heavy (non-hydrogen) atoms. The van der Waals surface area contributed by atoms with Gasteiger partial charge in [-0.25, -0.2) is 9.18 Å². The Bertz CT molecular complexity index is 1420. The van der Waals surface area contributed by atoms with Crippen molar-refractivity contribution in [3.05, 3.63) is 58.3 Å². The van der Waals surface area contributed by atoms with Crippen LogP contribution in [0.5, 0.6) is 5.75 Å². The van der Waals surface area contributed by atoms with Crippen molar-refractivity contribution >= 4 is 34.4 Å². The molecule has 2 amide bonds. The lowest BCUT2D eigenvalue weighted by molar-refractivity contribution is -0.118. The summed E-state index contributed by atoms with van der Waals surface area (Å²) in [4.78, 5) is 41.9.